The zero-order valence-electron chi connectivity index (χ0n) is 10.7. The molecule has 0 aromatic carbocycles. The Labute approximate surface area is 105 Å². The van der Waals surface area contributed by atoms with E-state index in [0.29, 0.717) is 0 Å². The van der Waals surface area contributed by atoms with Crippen LogP contribution in [-0.4, -0.2) is 48.6 Å². The van der Waals surface area contributed by atoms with Gasteiger partial charge in [-0.15, -0.1) is 0 Å². The predicted molar refractivity (Wildman–Crippen MR) is 73.2 cm³/mol. The summed E-state index contributed by atoms with van der Waals surface area (Å²) in [6, 6.07) is 0.746. The summed E-state index contributed by atoms with van der Waals surface area (Å²) >= 11 is 2.21. The molecule has 2 aliphatic rings. The second-order valence-electron chi connectivity index (χ2n) is 5.41. The van der Waals surface area contributed by atoms with E-state index in [9.17, 15) is 0 Å². The Balaban J connectivity index is 1.74. The summed E-state index contributed by atoms with van der Waals surface area (Å²) < 4.78 is 0. The fraction of sp³-hybridized carbons (Fsp3) is 1.00. The van der Waals surface area contributed by atoms with Crippen molar-refractivity contribution in [2.45, 2.75) is 43.9 Å². The number of piperidine rings is 1. The quantitative estimate of drug-likeness (QED) is 0.817. The van der Waals surface area contributed by atoms with Crippen LogP contribution in [-0.2, 0) is 0 Å². The van der Waals surface area contributed by atoms with Gasteiger partial charge in [0.1, 0.15) is 0 Å². The maximum atomic E-state index is 3.45. The van der Waals surface area contributed by atoms with E-state index >= 15 is 0 Å². The molecule has 2 rings (SSSR count). The topological polar surface area (TPSA) is 15.3 Å². The number of rotatable bonds is 3. The summed E-state index contributed by atoms with van der Waals surface area (Å²) in [6.45, 7) is 6.32. The van der Waals surface area contributed by atoms with Crippen molar-refractivity contribution < 1.29 is 0 Å². The molecular formula is C13H26N2S. The number of thioether (sulfide) groups is 1. The first kappa shape index (κ1) is 12.7. The fourth-order valence-electron chi connectivity index (χ4n) is 3.07. The number of nitrogens with one attached hydrogen (secondary N) is 1. The molecule has 2 nitrogen and oxygen atoms in total. The van der Waals surface area contributed by atoms with Crippen molar-refractivity contribution in [3.63, 3.8) is 0 Å². The van der Waals surface area contributed by atoms with Crippen LogP contribution >= 0.6 is 11.8 Å². The summed E-state index contributed by atoms with van der Waals surface area (Å²) in [5.41, 5.74) is 0. The molecule has 0 aliphatic carbocycles. The zero-order chi connectivity index (χ0) is 11.4. The van der Waals surface area contributed by atoms with Gasteiger partial charge in [0.05, 0.1) is 0 Å². The second kappa shape index (κ2) is 6.27. The van der Waals surface area contributed by atoms with E-state index in [1.54, 1.807) is 0 Å². The Morgan fingerprint density at radius 3 is 2.81 bits per heavy atom. The smallest absolute Gasteiger partial charge is 0.0175 e. The molecule has 94 valence electrons. The number of hydrogen-bond donors (Lipinski definition) is 1. The van der Waals surface area contributed by atoms with E-state index in [2.05, 4.69) is 35.9 Å². The van der Waals surface area contributed by atoms with Gasteiger partial charge in [0, 0.05) is 24.4 Å². The normalized spacial score (nSPS) is 37.5. The average Bonchev–Trinajstić information content (AvgIpc) is 2.31. The highest BCUT2D eigenvalue weighted by Crippen LogP contribution is 2.27. The molecule has 0 amide bonds. The van der Waals surface area contributed by atoms with Crippen molar-refractivity contribution >= 4 is 11.8 Å². The highest BCUT2D eigenvalue weighted by molar-refractivity contribution is 7.99. The van der Waals surface area contributed by atoms with Crippen molar-refractivity contribution in [3.8, 4) is 0 Å². The van der Waals surface area contributed by atoms with Crippen LogP contribution in [0.1, 0.15) is 32.6 Å². The molecule has 0 aromatic rings. The fourth-order valence-corrected chi connectivity index (χ4v) is 4.42. The van der Waals surface area contributed by atoms with E-state index in [-0.39, 0.29) is 0 Å². The van der Waals surface area contributed by atoms with E-state index in [0.717, 1.165) is 17.2 Å². The molecule has 16 heavy (non-hydrogen) atoms. The van der Waals surface area contributed by atoms with Crippen LogP contribution in [0.15, 0.2) is 0 Å². The van der Waals surface area contributed by atoms with Crippen LogP contribution in [0.2, 0.25) is 0 Å². The molecular weight excluding hydrogens is 216 g/mol. The summed E-state index contributed by atoms with van der Waals surface area (Å²) in [5.74, 6) is 2.21. The molecule has 0 radical (unpaired) electrons. The van der Waals surface area contributed by atoms with Gasteiger partial charge >= 0.3 is 0 Å². The third-order valence-corrected chi connectivity index (χ3v) is 5.48. The maximum absolute atomic E-state index is 3.45. The number of hydrogen-bond acceptors (Lipinski definition) is 3. The number of nitrogens with zero attached hydrogens (tertiary/aromatic N) is 1. The lowest BCUT2D eigenvalue weighted by atomic mass is 9.94. The molecule has 0 aromatic heterocycles. The first-order chi connectivity index (χ1) is 7.79. The summed E-state index contributed by atoms with van der Waals surface area (Å²) in [5, 5.41) is 4.37. The molecule has 2 heterocycles. The van der Waals surface area contributed by atoms with Crippen LogP contribution in [0.25, 0.3) is 0 Å². The van der Waals surface area contributed by atoms with Crippen molar-refractivity contribution in [2.75, 3.05) is 32.4 Å². The van der Waals surface area contributed by atoms with Crippen molar-refractivity contribution in [2.24, 2.45) is 5.92 Å². The van der Waals surface area contributed by atoms with Crippen LogP contribution in [0.3, 0.4) is 0 Å². The Kier molecular flexibility index (Phi) is 4.98. The van der Waals surface area contributed by atoms with Crippen LogP contribution in [0.4, 0.5) is 0 Å². The first-order valence-corrected chi connectivity index (χ1v) is 7.85. The molecule has 2 aliphatic heterocycles. The van der Waals surface area contributed by atoms with Gasteiger partial charge in [-0.25, -0.2) is 0 Å². The first-order valence-electron chi connectivity index (χ1n) is 6.81. The molecule has 0 saturated carbocycles. The molecule has 3 heteroatoms. The zero-order valence-corrected chi connectivity index (χ0v) is 11.6. The van der Waals surface area contributed by atoms with Gasteiger partial charge in [0.15, 0.2) is 0 Å². The minimum atomic E-state index is 0.746. The lowest BCUT2D eigenvalue weighted by Crippen LogP contribution is -2.48. The standard InChI is InChI=1S/C13H26N2S/c1-11-9-15(7-6-13(11)14-2)10-12-5-3-4-8-16-12/h11-14H,3-10H2,1-2H3. The second-order valence-corrected chi connectivity index (χ2v) is 6.82. The highest BCUT2D eigenvalue weighted by atomic mass is 32.2. The van der Waals surface area contributed by atoms with Gasteiger partial charge in [-0.1, -0.05) is 13.3 Å². The van der Waals surface area contributed by atoms with Crippen LogP contribution in [0.5, 0.6) is 0 Å². The van der Waals surface area contributed by atoms with E-state index < -0.39 is 0 Å². The third-order valence-electron chi connectivity index (χ3n) is 4.10. The summed E-state index contributed by atoms with van der Waals surface area (Å²) in [7, 11) is 2.10. The summed E-state index contributed by atoms with van der Waals surface area (Å²) in [6.07, 6.45) is 5.68. The minimum Gasteiger partial charge on any atom is -0.317 e. The van der Waals surface area contributed by atoms with Gasteiger partial charge < -0.3 is 10.2 Å². The Morgan fingerprint density at radius 1 is 1.31 bits per heavy atom. The van der Waals surface area contributed by atoms with Crippen LogP contribution < -0.4 is 5.32 Å². The van der Waals surface area contributed by atoms with Gasteiger partial charge in [-0.3, -0.25) is 0 Å². The van der Waals surface area contributed by atoms with E-state index in [1.165, 1.54) is 51.1 Å². The SMILES string of the molecule is CNC1CCN(CC2CCCCS2)CC1C. The summed E-state index contributed by atoms with van der Waals surface area (Å²) in [4.78, 5) is 2.70. The van der Waals surface area contributed by atoms with Gasteiger partial charge in [-0.05, 0) is 44.5 Å². The highest BCUT2D eigenvalue weighted by Gasteiger charge is 2.26. The van der Waals surface area contributed by atoms with Gasteiger partial charge in [0.2, 0.25) is 0 Å². The maximum Gasteiger partial charge on any atom is 0.0175 e. The molecule has 0 spiro atoms. The van der Waals surface area contributed by atoms with Crippen LogP contribution in [0, 0.1) is 5.92 Å². The molecule has 0 bridgehead atoms. The van der Waals surface area contributed by atoms with Crippen molar-refractivity contribution in [1.29, 1.82) is 0 Å². The number of likely N-dealkylation sites (tertiary alicyclic amines) is 1. The van der Waals surface area contributed by atoms with Gasteiger partial charge in [0.25, 0.3) is 0 Å². The molecule has 1 N–H and O–H groups in total. The Morgan fingerprint density at radius 2 is 2.19 bits per heavy atom. The largest absolute Gasteiger partial charge is 0.317 e. The van der Waals surface area contributed by atoms with E-state index in [1.807, 2.05) is 0 Å². The minimum absolute atomic E-state index is 0.746. The molecule has 3 unspecified atom stereocenters. The molecule has 2 fully saturated rings. The van der Waals surface area contributed by atoms with E-state index in [4.69, 9.17) is 0 Å². The Hall–Kier alpha value is 0.270. The van der Waals surface area contributed by atoms with Crippen molar-refractivity contribution in [3.05, 3.63) is 0 Å². The average molecular weight is 242 g/mol. The molecule has 2 saturated heterocycles. The Bertz CT molecular complexity index is 204. The molecule has 3 atom stereocenters. The lowest BCUT2D eigenvalue weighted by molar-refractivity contribution is 0.150. The van der Waals surface area contributed by atoms with Gasteiger partial charge in [-0.2, -0.15) is 11.8 Å². The predicted octanol–water partition coefficient (Wildman–Crippen LogP) is 2.20. The lowest BCUT2D eigenvalue weighted by Gasteiger charge is -2.38. The third kappa shape index (κ3) is 3.38. The monoisotopic (exact) mass is 242 g/mol. The van der Waals surface area contributed by atoms with Crippen molar-refractivity contribution in [1.82, 2.24) is 10.2 Å².